The van der Waals surface area contributed by atoms with Gasteiger partial charge in [-0.25, -0.2) is 0 Å². The molecule has 0 aromatic heterocycles. The van der Waals surface area contributed by atoms with Gasteiger partial charge in [-0.3, -0.25) is 0 Å². The van der Waals surface area contributed by atoms with Crippen molar-refractivity contribution in [1.82, 2.24) is 4.90 Å². The molecule has 0 N–H and O–H groups in total. The molecule has 1 aliphatic carbocycles. The molecule has 1 aliphatic heterocycles. The Bertz CT molecular complexity index is 185. The summed E-state index contributed by atoms with van der Waals surface area (Å²) in [5.74, 6) is 0. The SMILES string of the molecule is CC(C)N1CCC2(CC=CC2)C1. The lowest BCUT2D eigenvalue weighted by Gasteiger charge is -2.25. The van der Waals surface area contributed by atoms with E-state index < -0.39 is 0 Å². The standard InChI is InChI=1S/C11H19N/c1-10(2)12-8-7-11(9-12)5-3-4-6-11/h3-4,10H,5-9H2,1-2H3. The van der Waals surface area contributed by atoms with Gasteiger partial charge >= 0.3 is 0 Å². The first-order valence-electron chi connectivity index (χ1n) is 5.11. The summed E-state index contributed by atoms with van der Waals surface area (Å²) in [5, 5.41) is 0. The summed E-state index contributed by atoms with van der Waals surface area (Å²) in [6.07, 6.45) is 8.80. The van der Waals surface area contributed by atoms with Gasteiger partial charge in [-0.05, 0) is 45.1 Å². The van der Waals surface area contributed by atoms with E-state index in [0.717, 1.165) is 6.04 Å². The van der Waals surface area contributed by atoms with E-state index in [4.69, 9.17) is 0 Å². The average molecular weight is 165 g/mol. The molecular weight excluding hydrogens is 146 g/mol. The molecule has 0 aromatic carbocycles. The van der Waals surface area contributed by atoms with Crippen LogP contribution in [-0.4, -0.2) is 24.0 Å². The van der Waals surface area contributed by atoms with E-state index in [0.29, 0.717) is 5.41 Å². The first-order valence-corrected chi connectivity index (χ1v) is 5.11. The van der Waals surface area contributed by atoms with Crippen LogP contribution in [0.4, 0.5) is 0 Å². The molecule has 2 aliphatic rings. The zero-order valence-corrected chi connectivity index (χ0v) is 8.21. The van der Waals surface area contributed by atoms with Crippen LogP contribution in [0, 0.1) is 5.41 Å². The molecule has 0 unspecified atom stereocenters. The molecule has 1 heterocycles. The number of nitrogens with zero attached hydrogens (tertiary/aromatic N) is 1. The van der Waals surface area contributed by atoms with Gasteiger partial charge in [0.1, 0.15) is 0 Å². The molecule has 12 heavy (non-hydrogen) atoms. The minimum Gasteiger partial charge on any atom is -0.300 e. The Morgan fingerprint density at radius 3 is 2.42 bits per heavy atom. The zero-order valence-electron chi connectivity index (χ0n) is 8.21. The zero-order chi connectivity index (χ0) is 8.60. The Morgan fingerprint density at radius 1 is 1.25 bits per heavy atom. The highest BCUT2D eigenvalue weighted by Gasteiger charge is 2.38. The Kier molecular flexibility index (Phi) is 1.99. The van der Waals surface area contributed by atoms with Crippen molar-refractivity contribution in [2.24, 2.45) is 5.41 Å². The van der Waals surface area contributed by atoms with Gasteiger partial charge in [0, 0.05) is 12.6 Å². The Labute approximate surface area is 75.4 Å². The second-order valence-electron chi connectivity index (χ2n) is 4.69. The lowest BCUT2D eigenvalue weighted by molar-refractivity contribution is 0.229. The van der Waals surface area contributed by atoms with Gasteiger partial charge < -0.3 is 4.90 Å². The Balaban J connectivity index is 1.97. The minimum atomic E-state index is 0.657. The van der Waals surface area contributed by atoms with Crippen LogP contribution >= 0.6 is 0 Å². The maximum Gasteiger partial charge on any atom is 0.00471 e. The van der Waals surface area contributed by atoms with Crippen LogP contribution in [0.5, 0.6) is 0 Å². The molecule has 1 saturated heterocycles. The molecule has 2 rings (SSSR count). The van der Waals surface area contributed by atoms with Crippen LogP contribution in [-0.2, 0) is 0 Å². The van der Waals surface area contributed by atoms with Gasteiger partial charge in [0.2, 0.25) is 0 Å². The summed E-state index contributed by atoms with van der Waals surface area (Å²) in [6.45, 7) is 7.26. The molecule has 0 bridgehead atoms. The van der Waals surface area contributed by atoms with Gasteiger partial charge in [0.15, 0.2) is 0 Å². The topological polar surface area (TPSA) is 3.24 Å². The molecule has 0 saturated carbocycles. The van der Waals surface area contributed by atoms with Crippen molar-refractivity contribution in [3.63, 3.8) is 0 Å². The summed E-state index contributed by atoms with van der Waals surface area (Å²) in [7, 11) is 0. The van der Waals surface area contributed by atoms with Gasteiger partial charge in [0.25, 0.3) is 0 Å². The quantitative estimate of drug-likeness (QED) is 0.539. The van der Waals surface area contributed by atoms with Crippen LogP contribution in [0.1, 0.15) is 33.1 Å². The van der Waals surface area contributed by atoms with E-state index in [9.17, 15) is 0 Å². The fraction of sp³-hybridized carbons (Fsp3) is 0.818. The van der Waals surface area contributed by atoms with Crippen molar-refractivity contribution in [3.05, 3.63) is 12.2 Å². The summed E-state index contributed by atoms with van der Waals surface area (Å²) >= 11 is 0. The molecule has 0 amide bonds. The van der Waals surface area contributed by atoms with Gasteiger partial charge in [-0.1, -0.05) is 12.2 Å². The van der Waals surface area contributed by atoms with Crippen molar-refractivity contribution in [3.8, 4) is 0 Å². The molecule has 0 atom stereocenters. The molecule has 1 fully saturated rings. The number of rotatable bonds is 1. The normalized spacial score (nSPS) is 27.9. The number of allylic oxidation sites excluding steroid dienone is 2. The van der Waals surface area contributed by atoms with Gasteiger partial charge in [-0.15, -0.1) is 0 Å². The minimum absolute atomic E-state index is 0.657. The van der Waals surface area contributed by atoms with E-state index in [-0.39, 0.29) is 0 Å². The number of likely N-dealkylation sites (tertiary alicyclic amines) is 1. The van der Waals surface area contributed by atoms with Crippen molar-refractivity contribution >= 4 is 0 Å². The summed E-state index contributed by atoms with van der Waals surface area (Å²) in [6, 6.07) is 0.741. The smallest absolute Gasteiger partial charge is 0.00471 e. The molecule has 0 aromatic rings. The van der Waals surface area contributed by atoms with E-state index in [1.165, 1.54) is 32.4 Å². The monoisotopic (exact) mass is 165 g/mol. The second-order valence-corrected chi connectivity index (χ2v) is 4.69. The summed E-state index contributed by atoms with van der Waals surface area (Å²) in [5.41, 5.74) is 0.657. The van der Waals surface area contributed by atoms with Crippen molar-refractivity contribution < 1.29 is 0 Å². The van der Waals surface area contributed by atoms with Crippen LogP contribution in [0.25, 0.3) is 0 Å². The lowest BCUT2D eigenvalue weighted by atomic mass is 9.85. The molecular formula is C11H19N. The van der Waals surface area contributed by atoms with Gasteiger partial charge in [-0.2, -0.15) is 0 Å². The van der Waals surface area contributed by atoms with E-state index in [1.54, 1.807) is 0 Å². The highest BCUT2D eigenvalue weighted by molar-refractivity contribution is 5.06. The molecule has 68 valence electrons. The maximum atomic E-state index is 2.62. The highest BCUT2D eigenvalue weighted by Crippen LogP contribution is 2.42. The predicted octanol–water partition coefficient (Wildman–Crippen LogP) is 2.44. The van der Waals surface area contributed by atoms with Crippen molar-refractivity contribution in [1.29, 1.82) is 0 Å². The first-order chi connectivity index (χ1) is 5.72. The maximum absolute atomic E-state index is 2.62. The van der Waals surface area contributed by atoms with Gasteiger partial charge in [0.05, 0.1) is 0 Å². The van der Waals surface area contributed by atoms with E-state index in [2.05, 4.69) is 30.9 Å². The first kappa shape index (κ1) is 8.31. The van der Waals surface area contributed by atoms with E-state index >= 15 is 0 Å². The highest BCUT2D eigenvalue weighted by atomic mass is 15.2. The number of hydrogen-bond donors (Lipinski definition) is 0. The Hall–Kier alpha value is -0.300. The summed E-state index contributed by atoms with van der Waals surface area (Å²) < 4.78 is 0. The molecule has 1 nitrogen and oxygen atoms in total. The van der Waals surface area contributed by atoms with Crippen molar-refractivity contribution in [2.45, 2.75) is 39.2 Å². The lowest BCUT2D eigenvalue weighted by Crippen LogP contribution is -2.30. The third kappa shape index (κ3) is 1.31. The largest absolute Gasteiger partial charge is 0.300 e. The average Bonchev–Trinajstić information content (AvgIpc) is 2.62. The van der Waals surface area contributed by atoms with Crippen molar-refractivity contribution in [2.75, 3.05) is 13.1 Å². The third-order valence-corrected chi connectivity index (χ3v) is 3.47. The summed E-state index contributed by atoms with van der Waals surface area (Å²) in [4.78, 5) is 2.62. The molecule has 1 heteroatoms. The van der Waals surface area contributed by atoms with E-state index in [1.807, 2.05) is 0 Å². The second kappa shape index (κ2) is 2.88. The molecule has 0 radical (unpaired) electrons. The number of hydrogen-bond acceptors (Lipinski definition) is 1. The van der Waals surface area contributed by atoms with Crippen LogP contribution < -0.4 is 0 Å². The van der Waals surface area contributed by atoms with Crippen LogP contribution in [0.3, 0.4) is 0 Å². The Morgan fingerprint density at radius 2 is 1.92 bits per heavy atom. The van der Waals surface area contributed by atoms with Crippen LogP contribution in [0.15, 0.2) is 12.2 Å². The fourth-order valence-corrected chi connectivity index (χ4v) is 2.49. The molecule has 1 spiro atoms. The predicted molar refractivity (Wildman–Crippen MR) is 52.1 cm³/mol. The fourth-order valence-electron chi connectivity index (χ4n) is 2.49. The third-order valence-electron chi connectivity index (χ3n) is 3.47. The van der Waals surface area contributed by atoms with Crippen LogP contribution in [0.2, 0.25) is 0 Å².